The number of hydrogen-bond donors (Lipinski definition) is 1. The van der Waals surface area contributed by atoms with Crippen LogP contribution >= 0.6 is 11.5 Å². The Hall–Kier alpha value is -2.81. The molecule has 7 nitrogen and oxygen atoms in total. The number of halogens is 1. The zero-order valence-electron chi connectivity index (χ0n) is 15.3. The molecular formula is C19H19FN6OS. The van der Waals surface area contributed by atoms with E-state index in [0.29, 0.717) is 24.6 Å². The van der Waals surface area contributed by atoms with Gasteiger partial charge in [0.2, 0.25) is 0 Å². The Morgan fingerprint density at radius 1 is 1.32 bits per heavy atom. The highest BCUT2D eigenvalue weighted by atomic mass is 32.1. The van der Waals surface area contributed by atoms with Crippen molar-refractivity contribution in [2.75, 3.05) is 13.1 Å². The van der Waals surface area contributed by atoms with Gasteiger partial charge >= 0.3 is 0 Å². The number of benzene rings is 1. The van der Waals surface area contributed by atoms with E-state index in [1.165, 1.54) is 23.7 Å². The van der Waals surface area contributed by atoms with Gasteiger partial charge in [-0.3, -0.25) is 10.2 Å². The first-order chi connectivity index (χ1) is 13.6. The first-order valence-electron chi connectivity index (χ1n) is 9.33. The van der Waals surface area contributed by atoms with Gasteiger partial charge < -0.3 is 9.80 Å². The molecule has 1 saturated heterocycles. The number of amidine groups is 1. The minimum Gasteiger partial charge on any atom is -0.329 e. The molecule has 2 fully saturated rings. The van der Waals surface area contributed by atoms with Crippen molar-refractivity contribution >= 4 is 23.3 Å². The van der Waals surface area contributed by atoms with Gasteiger partial charge in [0.1, 0.15) is 11.6 Å². The van der Waals surface area contributed by atoms with Gasteiger partial charge in [-0.1, -0.05) is 6.07 Å². The molecule has 2 aromatic rings. The highest BCUT2D eigenvalue weighted by molar-refractivity contribution is 7.07. The van der Waals surface area contributed by atoms with E-state index in [-0.39, 0.29) is 11.9 Å². The number of fused-ring (bicyclic) bond motifs is 1. The topological polar surface area (TPSA) is 73.7 Å². The Bertz CT molecular complexity index is 998. The lowest BCUT2D eigenvalue weighted by Crippen LogP contribution is -2.55. The number of piperazine rings is 1. The minimum atomic E-state index is -0.409. The number of amides is 1. The van der Waals surface area contributed by atoms with Crippen LogP contribution in [-0.2, 0) is 0 Å². The van der Waals surface area contributed by atoms with Crippen LogP contribution in [0.3, 0.4) is 0 Å². The van der Waals surface area contributed by atoms with Crippen LogP contribution in [0.15, 0.2) is 41.3 Å². The first-order valence-corrected chi connectivity index (χ1v) is 10.1. The highest BCUT2D eigenvalue weighted by Crippen LogP contribution is 2.39. The summed E-state index contributed by atoms with van der Waals surface area (Å²) in [4.78, 5) is 21.4. The van der Waals surface area contributed by atoms with Crippen LogP contribution in [0.4, 0.5) is 4.39 Å². The zero-order chi connectivity index (χ0) is 19.3. The molecule has 1 aromatic carbocycles. The van der Waals surface area contributed by atoms with Gasteiger partial charge in [0.15, 0.2) is 10.8 Å². The SMILES string of the molecule is C[C@@H]1C2=CNN=C(c3nc(C4CC4)ns3)N2CCN1C(=O)c1cccc(F)c1. The molecule has 2 aliphatic heterocycles. The molecule has 0 spiro atoms. The molecule has 0 bridgehead atoms. The summed E-state index contributed by atoms with van der Waals surface area (Å²) in [5.41, 5.74) is 4.24. The van der Waals surface area contributed by atoms with E-state index >= 15 is 0 Å². The van der Waals surface area contributed by atoms with E-state index in [1.54, 1.807) is 17.0 Å². The summed E-state index contributed by atoms with van der Waals surface area (Å²) in [6.07, 6.45) is 4.12. The molecule has 9 heteroatoms. The Morgan fingerprint density at radius 3 is 2.96 bits per heavy atom. The Balaban J connectivity index is 1.37. The molecule has 3 aliphatic rings. The molecular weight excluding hydrogens is 379 g/mol. The summed E-state index contributed by atoms with van der Waals surface area (Å²) in [5, 5.41) is 5.21. The predicted molar refractivity (Wildman–Crippen MR) is 103 cm³/mol. The maximum absolute atomic E-state index is 13.5. The average molecular weight is 398 g/mol. The van der Waals surface area contributed by atoms with Gasteiger partial charge in [0.25, 0.3) is 5.91 Å². The summed E-state index contributed by atoms with van der Waals surface area (Å²) in [5.74, 6) is 1.56. The molecule has 1 aromatic heterocycles. The van der Waals surface area contributed by atoms with Crippen molar-refractivity contribution in [3.8, 4) is 0 Å². The van der Waals surface area contributed by atoms with E-state index in [0.717, 1.165) is 35.2 Å². The average Bonchev–Trinajstić information content (AvgIpc) is 3.44. The van der Waals surface area contributed by atoms with Gasteiger partial charge in [-0.2, -0.15) is 9.47 Å². The maximum atomic E-state index is 13.5. The van der Waals surface area contributed by atoms with Gasteiger partial charge in [0, 0.05) is 30.8 Å². The van der Waals surface area contributed by atoms with Crippen LogP contribution in [0.2, 0.25) is 0 Å². The van der Waals surface area contributed by atoms with Crippen molar-refractivity contribution < 1.29 is 9.18 Å². The fourth-order valence-electron chi connectivity index (χ4n) is 3.62. The minimum absolute atomic E-state index is 0.177. The normalized spacial score (nSPS) is 21.6. The molecule has 0 radical (unpaired) electrons. The van der Waals surface area contributed by atoms with Crippen molar-refractivity contribution in [2.45, 2.75) is 31.7 Å². The number of hydrogen-bond acceptors (Lipinski definition) is 7. The molecule has 1 atom stereocenters. The van der Waals surface area contributed by atoms with Crippen LogP contribution < -0.4 is 5.43 Å². The second kappa shape index (κ2) is 6.66. The van der Waals surface area contributed by atoms with Gasteiger partial charge in [-0.15, -0.1) is 0 Å². The monoisotopic (exact) mass is 398 g/mol. The van der Waals surface area contributed by atoms with E-state index < -0.39 is 5.82 Å². The van der Waals surface area contributed by atoms with E-state index in [2.05, 4.69) is 24.8 Å². The summed E-state index contributed by atoms with van der Waals surface area (Å²) >= 11 is 1.36. The van der Waals surface area contributed by atoms with Gasteiger partial charge in [-0.25, -0.2) is 9.37 Å². The highest BCUT2D eigenvalue weighted by Gasteiger charge is 2.37. The third kappa shape index (κ3) is 2.95. The summed E-state index contributed by atoms with van der Waals surface area (Å²) in [7, 11) is 0. The number of hydrazone groups is 1. The number of nitrogens with zero attached hydrogens (tertiary/aromatic N) is 5. The third-order valence-electron chi connectivity index (χ3n) is 5.32. The van der Waals surface area contributed by atoms with Crippen molar-refractivity contribution in [1.29, 1.82) is 0 Å². The fraction of sp³-hybridized carbons (Fsp3) is 0.368. The molecule has 1 amide bonds. The summed E-state index contributed by atoms with van der Waals surface area (Å²) in [6, 6.07) is 5.64. The van der Waals surface area contributed by atoms with E-state index in [9.17, 15) is 9.18 Å². The Morgan fingerprint density at radius 2 is 2.18 bits per heavy atom. The molecule has 3 heterocycles. The predicted octanol–water partition coefficient (Wildman–Crippen LogP) is 2.51. The number of nitrogens with one attached hydrogen (secondary N) is 1. The van der Waals surface area contributed by atoms with Crippen LogP contribution in [0, 0.1) is 5.82 Å². The molecule has 28 heavy (non-hydrogen) atoms. The zero-order valence-corrected chi connectivity index (χ0v) is 16.1. The van der Waals surface area contributed by atoms with Crippen molar-refractivity contribution in [2.24, 2.45) is 5.10 Å². The second-order valence-corrected chi connectivity index (χ2v) is 7.95. The molecule has 1 N–H and O–H groups in total. The molecule has 144 valence electrons. The summed E-state index contributed by atoms with van der Waals surface area (Å²) in [6.45, 7) is 3.08. The van der Waals surface area contributed by atoms with Gasteiger partial charge in [-0.05, 0) is 49.5 Å². The number of carbonyl (C=O) groups excluding carboxylic acids is 1. The third-order valence-corrected chi connectivity index (χ3v) is 6.04. The lowest BCUT2D eigenvalue weighted by molar-refractivity contribution is 0.0644. The van der Waals surface area contributed by atoms with Crippen LogP contribution in [0.25, 0.3) is 0 Å². The fourth-order valence-corrected chi connectivity index (χ4v) is 4.37. The van der Waals surface area contributed by atoms with E-state index in [4.69, 9.17) is 0 Å². The lowest BCUT2D eigenvalue weighted by atomic mass is 10.1. The molecule has 0 unspecified atom stereocenters. The summed E-state index contributed by atoms with van der Waals surface area (Å²) < 4.78 is 18.0. The number of aromatic nitrogens is 2. The lowest BCUT2D eigenvalue weighted by Gasteiger charge is -2.43. The standard InChI is InChI=1S/C19H19FN6OS/c1-11-15-10-21-23-17(18-22-16(24-28-18)12-5-6-12)26(15)8-7-25(11)19(27)13-3-2-4-14(20)9-13/h2-4,9-12,21H,5-8H2,1H3/t11-/m1/s1. The van der Waals surface area contributed by atoms with Crippen LogP contribution in [0.1, 0.15) is 46.9 Å². The largest absolute Gasteiger partial charge is 0.329 e. The molecule has 1 aliphatic carbocycles. The smallest absolute Gasteiger partial charge is 0.254 e. The quantitative estimate of drug-likeness (QED) is 0.860. The molecule has 1 saturated carbocycles. The number of rotatable bonds is 3. The van der Waals surface area contributed by atoms with Crippen molar-refractivity contribution in [3.05, 3.63) is 58.4 Å². The van der Waals surface area contributed by atoms with E-state index in [1.807, 2.05) is 13.1 Å². The van der Waals surface area contributed by atoms with Crippen LogP contribution in [-0.4, -0.2) is 50.0 Å². The Labute approximate surface area is 165 Å². The van der Waals surface area contributed by atoms with Crippen LogP contribution in [0.5, 0.6) is 0 Å². The van der Waals surface area contributed by atoms with Crippen molar-refractivity contribution in [3.63, 3.8) is 0 Å². The van der Waals surface area contributed by atoms with Crippen molar-refractivity contribution in [1.82, 2.24) is 24.6 Å². The maximum Gasteiger partial charge on any atom is 0.254 e. The molecule has 5 rings (SSSR count). The Kier molecular flexibility index (Phi) is 4.12. The second-order valence-electron chi connectivity index (χ2n) is 7.20. The van der Waals surface area contributed by atoms with Gasteiger partial charge in [0.05, 0.1) is 11.7 Å². The number of carbonyl (C=O) groups is 1. The first kappa shape index (κ1) is 17.3.